The molecule has 0 saturated carbocycles. The van der Waals surface area contributed by atoms with Gasteiger partial charge in [-0.3, -0.25) is 23.8 Å². The van der Waals surface area contributed by atoms with Crippen LogP contribution in [-0.4, -0.2) is 46.9 Å². The number of nitrogens with two attached hydrogens (primary N) is 1. The number of hydrogen-bond donors (Lipinski definition) is 5. The van der Waals surface area contributed by atoms with Crippen molar-refractivity contribution in [1.29, 1.82) is 0 Å². The van der Waals surface area contributed by atoms with Crippen molar-refractivity contribution in [3.63, 3.8) is 0 Å². The summed E-state index contributed by atoms with van der Waals surface area (Å²) in [5.74, 6) is -0.940. The molecule has 1 saturated heterocycles. The Morgan fingerprint density at radius 3 is 2.49 bits per heavy atom. The first-order chi connectivity index (χ1) is 20.8. The number of fused-ring (bicyclic) bond motifs is 2. The number of phosphoric ester groups is 2. The number of nitrogens with one attached hydrogen (secondary N) is 1. The van der Waals surface area contributed by atoms with Crippen LogP contribution in [0.3, 0.4) is 0 Å². The Kier molecular flexibility index (Phi) is 8.60. The quantitative estimate of drug-likeness (QED) is 0.117. The van der Waals surface area contributed by atoms with Gasteiger partial charge in [0.15, 0.2) is 11.2 Å². The number of aromatic amines is 1. The second kappa shape index (κ2) is 11.7. The minimum absolute atomic E-state index is 0.0209. The number of phosphoric acid groups is 3. The summed E-state index contributed by atoms with van der Waals surface area (Å²) in [5.41, 5.74) is 1.55. The van der Waals surface area contributed by atoms with Crippen LogP contribution >= 0.6 is 23.5 Å². The van der Waals surface area contributed by atoms with Gasteiger partial charge in [0, 0.05) is 17.5 Å². The molecule has 3 unspecified atom stereocenters. The van der Waals surface area contributed by atoms with E-state index in [1.165, 1.54) is 10.9 Å². The van der Waals surface area contributed by atoms with Crippen molar-refractivity contribution in [2.75, 3.05) is 12.3 Å². The average Bonchev–Trinajstić information content (AvgIpc) is 3.51. The Balaban J connectivity index is 1.19. The van der Waals surface area contributed by atoms with E-state index in [2.05, 4.69) is 37.0 Å². The first-order valence-electron chi connectivity index (χ1n) is 12.1. The Morgan fingerprint density at radius 2 is 1.78 bits per heavy atom. The molecule has 0 radical (unpaired) electrons. The summed E-state index contributed by atoms with van der Waals surface area (Å²) >= 11 is 0. The van der Waals surface area contributed by atoms with Crippen molar-refractivity contribution >= 4 is 51.5 Å². The number of imidazole rings is 1. The minimum Gasteiger partial charge on any atom is -0.423 e. The molecule has 0 bridgehead atoms. The second-order valence-electron chi connectivity index (χ2n) is 9.16. The summed E-state index contributed by atoms with van der Waals surface area (Å²) in [7, 11) is -17.1. The van der Waals surface area contributed by atoms with E-state index >= 15 is 0 Å². The number of alkyl halides is 3. The molecule has 45 heavy (non-hydrogen) atoms. The average molecular weight is 703 g/mol. The zero-order chi connectivity index (χ0) is 32.9. The van der Waals surface area contributed by atoms with Gasteiger partial charge in [-0.15, -0.1) is 0 Å². The number of rotatable bonds is 10. The number of aromatic nitrogens is 4. The zero-order valence-electron chi connectivity index (χ0n) is 21.9. The number of nitrogens with zero attached hydrogens (tertiary/aromatic N) is 3. The van der Waals surface area contributed by atoms with Crippen molar-refractivity contribution in [3.05, 3.63) is 56.9 Å². The first-order valence-corrected chi connectivity index (χ1v) is 16.6. The van der Waals surface area contributed by atoms with Gasteiger partial charge in [0.25, 0.3) is 5.56 Å². The van der Waals surface area contributed by atoms with Crippen molar-refractivity contribution < 1.29 is 68.4 Å². The summed E-state index contributed by atoms with van der Waals surface area (Å²) in [6.07, 6.45) is -4.85. The van der Waals surface area contributed by atoms with Crippen LogP contribution < -0.4 is 21.4 Å². The number of nitrogen functional groups attached to an aromatic ring is 1. The molecule has 19 nitrogen and oxygen atoms in total. The molecule has 244 valence electrons. The van der Waals surface area contributed by atoms with Gasteiger partial charge in [0.1, 0.15) is 17.6 Å². The molecule has 1 aliphatic rings. The summed E-state index contributed by atoms with van der Waals surface area (Å²) in [5, 5.41) is -0.620. The Bertz CT molecular complexity index is 2050. The Hall–Kier alpha value is -3.42. The van der Waals surface area contributed by atoms with Crippen molar-refractivity contribution in [1.82, 2.24) is 19.5 Å². The van der Waals surface area contributed by atoms with Crippen molar-refractivity contribution in [3.8, 4) is 5.75 Å². The molecule has 4 aromatic rings. The molecule has 6 N–H and O–H groups in total. The number of ether oxygens (including phenoxy) is 1. The topological polar surface area (TPSA) is 278 Å². The van der Waals surface area contributed by atoms with E-state index in [1.54, 1.807) is 0 Å². The van der Waals surface area contributed by atoms with E-state index in [0.717, 1.165) is 12.1 Å². The zero-order valence-corrected chi connectivity index (χ0v) is 24.6. The highest BCUT2D eigenvalue weighted by Crippen LogP contribution is 2.67. The summed E-state index contributed by atoms with van der Waals surface area (Å²) in [4.78, 5) is 63.3. The molecular weight excluding hydrogens is 684 g/mol. The molecule has 0 aliphatic carbocycles. The highest BCUT2D eigenvalue weighted by atomic mass is 31.3. The molecule has 0 spiro atoms. The van der Waals surface area contributed by atoms with Crippen LogP contribution in [0, 0.1) is 0 Å². The maximum Gasteiger partial charge on any atom is 0.536 e. The highest BCUT2D eigenvalue weighted by Gasteiger charge is 2.44. The van der Waals surface area contributed by atoms with E-state index in [4.69, 9.17) is 10.5 Å². The highest BCUT2D eigenvalue weighted by molar-refractivity contribution is 7.67. The van der Waals surface area contributed by atoms with Crippen LogP contribution in [0.25, 0.3) is 22.1 Å². The number of hydrogen-bond acceptors (Lipinski definition) is 14. The molecule has 0 amide bonds. The maximum absolute atomic E-state index is 13.2. The molecule has 1 aliphatic heterocycles. The Labute approximate surface area is 246 Å². The predicted octanol–water partition coefficient (Wildman–Crippen LogP) is 2.93. The molecular formula is C20H19F3N5O14P3. The van der Waals surface area contributed by atoms with Gasteiger partial charge in [-0.1, -0.05) is 0 Å². The van der Waals surface area contributed by atoms with E-state index in [9.17, 15) is 51.1 Å². The smallest absolute Gasteiger partial charge is 0.423 e. The van der Waals surface area contributed by atoms with Crippen LogP contribution in [0.5, 0.6) is 5.75 Å². The summed E-state index contributed by atoms with van der Waals surface area (Å²) in [6, 6.07) is 2.22. The van der Waals surface area contributed by atoms with Crippen LogP contribution in [0.1, 0.15) is 24.6 Å². The van der Waals surface area contributed by atoms with Crippen molar-refractivity contribution in [2.24, 2.45) is 0 Å². The van der Waals surface area contributed by atoms with Gasteiger partial charge in [0.2, 0.25) is 5.95 Å². The third-order valence-corrected chi connectivity index (χ3v) is 10.1. The number of benzene rings is 1. The number of H-pyrrole nitrogens is 1. The van der Waals surface area contributed by atoms with Crippen molar-refractivity contribution in [2.45, 2.75) is 31.3 Å². The summed E-state index contributed by atoms with van der Waals surface area (Å²) in [6.45, 7) is -0.692. The van der Waals surface area contributed by atoms with Crippen LogP contribution in [0.2, 0.25) is 0 Å². The molecule has 4 heterocycles. The number of anilines is 1. The number of halogens is 3. The van der Waals surface area contributed by atoms with E-state index < -0.39 is 82.1 Å². The van der Waals surface area contributed by atoms with Gasteiger partial charge in [-0.2, -0.15) is 26.8 Å². The van der Waals surface area contributed by atoms with Crippen LogP contribution in [0.15, 0.2) is 44.6 Å². The largest absolute Gasteiger partial charge is 0.536 e. The molecule has 1 fully saturated rings. The van der Waals surface area contributed by atoms with Gasteiger partial charge in [0.05, 0.1) is 24.6 Å². The molecule has 5 rings (SSSR count). The molecule has 3 aromatic heterocycles. The second-order valence-corrected chi connectivity index (χ2v) is 13.7. The lowest BCUT2D eigenvalue weighted by molar-refractivity contribution is -0.136. The normalized spacial score (nSPS) is 21.4. The van der Waals surface area contributed by atoms with Gasteiger partial charge in [-0.25, -0.2) is 23.5 Å². The third-order valence-electron chi connectivity index (χ3n) is 5.92. The monoisotopic (exact) mass is 703 g/mol. The fourth-order valence-corrected chi connectivity index (χ4v) is 7.76. The fraction of sp³-hybridized carbons (Fsp3) is 0.300. The lowest BCUT2D eigenvalue weighted by Gasteiger charge is -2.20. The third kappa shape index (κ3) is 7.70. The molecule has 25 heteroatoms. The SMILES string of the molecule is Nc1nc2c(ncn2[C@H]2CC[C@@H](COP(=O)(O)OP(=O)(O)OP(=O)(O)Oc3ccc4c(C(F)(F)F)cc(=O)oc4c3)O2)c(=O)[nH]1. The first kappa shape index (κ1) is 33.0. The van der Waals surface area contributed by atoms with Crippen LogP contribution in [0.4, 0.5) is 19.1 Å². The predicted molar refractivity (Wildman–Crippen MR) is 141 cm³/mol. The van der Waals surface area contributed by atoms with E-state index in [1.807, 2.05) is 0 Å². The molecule has 5 atom stereocenters. The summed E-state index contributed by atoms with van der Waals surface area (Å²) < 4.78 is 105. The Morgan fingerprint density at radius 1 is 1.07 bits per heavy atom. The fourth-order valence-electron chi connectivity index (χ4n) is 4.23. The van der Waals surface area contributed by atoms with Gasteiger partial charge < -0.3 is 29.2 Å². The standard InChI is InChI=1S/C20H19F3N5O14P3/c21-20(22,23)12-6-15(29)39-13-5-9(1-3-11(12)13)40-44(33,34)42-45(35,36)41-43(31,32)37-7-10-2-4-14(38-10)28-8-25-16-17(28)26-19(24)27-18(16)30/h1,3,5-6,8,10,14H,2,4,7H2,(H,31,32)(H,33,34)(H,35,36)(H3,24,26,27,30)/t10-,14+/m0/s1. The van der Waals surface area contributed by atoms with Crippen LogP contribution in [-0.2, 0) is 37.8 Å². The minimum atomic E-state index is -5.91. The van der Waals surface area contributed by atoms with E-state index in [-0.39, 0.29) is 36.0 Å². The van der Waals surface area contributed by atoms with E-state index in [0.29, 0.717) is 6.07 Å². The lowest BCUT2D eigenvalue weighted by atomic mass is 10.1. The van der Waals surface area contributed by atoms with Gasteiger partial charge >= 0.3 is 35.3 Å². The molecule has 1 aromatic carbocycles. The van der Waals surface area contributed by atoms with Gasteiger partial charge in [-0.05, 0) is 25.0 Å². The maximum atomic E-state index is 13.2. The lowest BCUT2D eigenvalue weighted by Crippen LogP contribution is -2.17.